The Morgan fingerprint density at radius 3 is 2.58 bits per heavy atom. The molecule has 62 valence electrons. The van der Waals surface area contributed by atoms with Crippen molar-refractivity contribution in [3.8, 4) is 0 Å². The molecule has 0 radical (unpaired) electrons. The number of hydrogen-bond donors (Lipinski definition) is 0. The lowest BCUT2D eigenvalue weighted by Gasteiger charge is -1.72. The Morgan fingerprint density at radius 2 is 2.33 bits per heavy atom. The van der Waals surface area contributed by atoms with Gasteiger partial charge in [-0.25, -0.2) is 4.79 Å². The van der Waals surface area contributed by atoms with Crippen molar-refractivity contribution in [1.29, 1.82) is 0 Å². The van der Waals surface area contributed by atoms with Gasteiger partial charge < -0.3 is 4.42 Å². The molecule has 0 unspecified atom stereocenters. The summed E-state index contributed by atoms with van der Waals surface area (Å²) in [7, 11) is 0. The number of nitrogens with zero attached hydrogens (tertiary/aromatic N) is 1. The normalized spacial score (nSPS) is 8.33. The molecule has 0 aromatic carbocycles. The van der Waals surface area contributed by atoms with Crippen LogP contribution in [-0.4, -0.2) is 4.98 Å². The molecule has 0 fully saturated rings. The maximum Gasteiger partial charge on any atom is 0.335 e. The number of thiazole rings is 1. The molecule has 0 saturated heterocycles. The van der Waals surface area contributed by atoms with Crippen LogP contribution in [0.4, 0.5) is 0 Å². The van der Waals surface area contributed by atoms with Gasteiger partial charge >= 0.3 is 5.63 Å². The van der Waals surface area contributed by atoms with Gasteiger partial charge in [-0.05, 0) is 6.07 Å². The van der Waals surface area contributed by atoms with E-state index >= 15 is 0 Å². The number of aromatic nitrogens is 1. The van der Waals surface area contributed by atoms with E-state index in [0.29, 0.717) is 0 Å². The average Bonchev–Trinajstić information content (AvgIpc) is 2.62. The first-order valence-electron chi connectivity index (χ1n) is 3.25. The van der Waals surface area contributed by atoms with Crippen molar-refractivity contribution in [2.24, 2.45) is 0 Å². The quantitative estimate of drug-likeness (QED) is 0.622. The fraction of sp³-hybridized carbons (Fsp3) is 0. The molecule has 0 atom stereocenters. The molecule has 2 aromatic heterocycles. The standard InChI is InChI=1S/C5H4O2.C3H3NS/c6-5-3-1-2-4-7-5;1-2-5-3-4-1/h1-4H;1-3H. The summed E-state index contributed by atoms with van der Waals surface area (Å²) in [6.07, 6.45) is 3.12. The van der Waals surface area contributed by atoms with Crippen LogP contribution in [0.5, 0.6) is 0 Å². The largest absolute Gasteiger partial charge is 0.431 e. The zero-order valence-corrected chi connectivity index (χ0v) is 7.03. The lowest BCUT2D eigenvalue weighted by molar-refractivity contribution is 0.511. The van der Waals surface area contributed by atoms with Gasteiger partial charge in [-0.3, -0.25) is 4.98 Å². The minimum absolute atomic E-state index is 0.303. The van der Waals surface area contributed by atoms with E-state index in [2.05, 4.69) is 9.40 Å². The maximum atomic E-state index is 10.1. The molecule has 0 bridgehead atoms. The van der Waals surface area contributed by atoms with Crippen molar-refractivity contribution in [1.82, 2.24) is 4.98 Å². The zero-order chi connectivity index (χ0) is 8.65. The molecule has 0 spiro atoms. The van der Waals surface area contributed by atoms with Gasteiger partial charge in [0.1, 0.15) is 0 Å². The lowest BCUT2D eigenvalue weighted by atomic mass is 10.5. The molecular formula is C8H7NO2S. The van der Waals surface area contributed by atoms with Crippen LogP contribution in [0.25, 0.3) is 0 Å². The molecule has 3 nitrogen and oxygen atoms in total. The van der Waals surface area contributed by atoms with Crippen LogP contribution < -0.4 is 5.63 Å². The van der Waals surface area contributed by atoms with E-state index in [9.17, 15) is 4.79 Å². The summed E-state index contributed by atoms with van der Waals surface area (Å²) in [5.74, 6) is 0. The predicted molar refractivity (Wildman–Crippen MR) is 47.1 cm³/mol. The lowest BCUT2D eigenvalue weighted by Crippen LogP contribution is -1.90. The van der Waals surface area contributed by atoms with Gasteiger partial charge in [0.05, 0.1) is 11.8 Å². The van der Waals surface area contributed by atoms with Gasteiger partial charge in [0.2, 0.25) is 0 Å². The van der Waals surface area contributed by atoms with Crippen molar-refractivity contribution in [3.05, 3.63) is 52.0 Å². The van der Waals surface area contributed by atoms with Crippen LogP contribution in [0.1, 0.15) is 0 Å². The number of rotatable bonds is 0. The van der Waals surface area contributed by atoms with Crippen LogP contribution in [0.3, 0.4) is 0 Å². The third-order valence-corrected chi connectivity index (χ3v) is 1.48. The third-order valence-electron chi connectivity index (χ3n) is 0.953. The Kier molecular flexibility index (Phi) is 3.80. The van der Waals surface area contributed by atoms with Crippen molar-refractivity contribution in [2.75, 3.05) is 0 Å². The Morgan fingerprint density at radius 1 is 1.42 bits per heavy atom. The van der Waals surface area contributed by atoms with Crippen molar-refractivity contribution < 1.29 is 4.42 Å². The summed E-state index contributed by atoms with van der Waals surface area (Å²) in [4.78, 5) is 13.8. The van der Waals surface area contributed by atoms with Crippen molar-refractivity contribution in [2.45, 2.75) is 0 Å². The fourth-order valence-electron chi connectivity index (χ4n) is 0.501. The molecule has 2 rings (SSSR count). The molecule has 0 aliphatic rings. The highest BCUT2D eigenvalue weighted by atomic mass is 32.1. The van der Waals surface area contributed by atoms with E-state index < -0.39 is 0 Å². The van der Waals surface area contributed by atoms with Gasteiger partial charge in [0.25, 0.3) is 0 Å². The van der Waals surface area contributed by atoms with Crippen molar-refractivity contribution >= 4 is 11.3 Å². The van der Waals surface area contributed by atoms with Gasteiger partial charge in [-0.15, -0.1) is 11.3 Å². The van der Waals surface area contributed by atoms with Gasteiger partial charge in [0.15, 0.2) is 0 Å². The molecule has 0 N–H and O–H groups in total. The first-order chi connectivity index (χ1) is 5.89. The Balaban J connectivity index is 0.000000127. The summed E-state index contributed by atoms with van der Waals surface area (Å²) >= 11 is 1.60. The third kappa shape index (κ3) is 3.68. The molecule has 4 heteroatoms. The topological polar surface area (TPSA) is 43.1 Å². The fourth-order valence-corrected chi connectivity index (χ4v) is 0.852. The van der Waals surface area contributed by atoms with E-state index in [1.54, 1.807) is 35.2 Å². The molecule has 0 aliphatic heterocycles. The molecule has 12 heavy (non-hydrogen) atoms. The van der Waals surface area contributed by atoms with Crippen LogP contribution in [0, 0.1) is 0 Å². The molecule has 2 heterocycles. The van der Waals surface area contributed by atoms with Gasteiger partial charge in [-0.2, -0.15) is 0 Å². The summed E-state index contributed by atoms with van der Waals surface area (Å²) in [5.41, 5.74) is 1.49. The predicted octanol–water partition coefficient (Wildman–Crippen LogP) is 1.78. The minimum atomic E-state index is -0.303. The van der Waals surface area contributed by atoms with Crippen LogP contribution in [0.2, 0.25) is 0 Å². The number of hydrogen-bond acceptors (Lipinski definition) is 4. The highest BCUT2D eigenvalue weighted by Crippen LogP contribution is 1.85. The molecule has 0 aliphatic carbocycles. The second-order valence-electron chi connectivity index (χ2n) is 1.80. The van der Waals surface area contributed by atoms with E-state index in [1.165, 1.54) is 12.3 Å². The van der Waals surface area contributed by atoms with Crippen molar-refractivity contribution in [3.63, 3.8) is 0 Å². The monoisotopic (exact) mass is 181 g/mol. The SMILES string of the molecule is O=c1cccco1.c1cscn1. The first kappa shape index (κ1) is 8.67. The highest BCUT2D eigenvalue weighted by Gasteiger charge is 1.72. The van der Waals surface area contributed by atoms with Crippen LogP contribution in [-0.2, 0) is 0 Å². The molecule has 2 aromatic rings. The minimum Gasteiger partial charge on any atom is -0.431 e. The van der Waals surface area contributed by atoms with Gasteiger partial charge in [0, 0.05) is 17.6 Å². The Bertz CT molecular complexity index is 307. The molecule has 0 amide bonds. The Hall–Kier alpha value is -1.42. The summed E-state index contributed by atoms with van der Waals surface area (Å²) < 4.78 is 4.37. The smallest absolute Gasteiger partial charge is 0.335 e. The summed E-state index contributed by atoms with van der Waals surface area (Å²) in [5, 5.41) is 1.93. The van der Waals surface area contributed by atoms with Gasteiger partial charge in [-0.1, -0.05) is 6.07 Å². The molecule has 0 saturated carbocycles. The van der Waals surface area contributed by atoms with E-state index in [4.69, 9.17) is 0 Å². The summed E-state index contributed by atoms with van der Waals surface area (Å²) in [6, 6.07) is 4.65. The summed E-state index contributed by atoms with van der Waals surface area (Å²) in [6.45, 7) is 0. The maximum absolute atomic E-state index is 10.1. The zero-order valence-electron chi connectivity index (χ0n) is 6.21. The second kappa shape index (κ2) is 5.26. The average molecular weight is 181 g/mol. The molecular weight excluding hydrogens is 174 g/mol. The second-order valence-corrected chi connectivity index (χ2v) is 2.56. The van der Waals surface area contributed by atoms with E-state index in [1.807, 2.05) is 5.38 Å². The van der Waals surface area contributed by atoms with Crippen LogP contribution in [0.15, 0.2) is 50.8 Å². The van der Waals surface area contributed by atoms with Crippen LogP contribution >= 0.6 is 11.3 Å². The highest BCUT2D eigenvalue weighted by molar-refractivity contribution is 7.07. The first-order valence-corrected chi connectivity index (χ1v) is 4.20. The Labute approximate surface area is 73.3 Å². The van der Waals surface area contributed by atoms with E-state index in [-0.39, 0.29) is 5.63 Å². The van der Waals surface area contributed by atoms with E-state index in [0.717, 1.165) is 0 Å².